The van der Waals surface area contributed by atoms with Gasteiger partial charge >= 0.3 is 19.4 Å². The maximum absolute atomic E-state index is 15.7. The molecule has 208 valence electrons. The first kappa shape index (κ1) is 30.8. The fourth-order valence-corrected chi connectivity index (χ4v) is 5.35. The lowest BCUT2D eigenvalue weighted by Gasteiger charge is -2.37. The minimum atomic E-state index is -4.78. The molecule has 6 atom stereocenters. The maximum atomic E-state index is 15.7. The van der Waals surface area contributed by atoms with Crippen LogP contribution in [0.15, 0.2) is 52.2 Å². The zero-order chi connectivity index (χ0) is 29.2. The number of H-pyrrole nitrogens is 1. The van der Waals surface area contributed by atoms with Crippen LogP contribution < -0.4 is 20.9 Å². The highest BCUT2D eigenvalue weighted by molar-refractivity contribution is 7.52. The first-order chi connectivity index (χ1) is 18.1. The molecule has 3 unspecified atom stereocenters. The quantitative estimate of drug-likeness (QED) is 0.200. The molecule has 2 heterocycles. The second-order valence-corrected chi connectivity index (χ2v) is 10.7. The molecule has 39 heavy (non-hydrogen) atoms. The number of nitrogens with one attached hydrogen (secondary N) is 2. The number of aliphatic hydroxyl groups excluding tert-OH is 1. The molecule has 0 spiro atoms. The van der Waals surface area contributed by atoms with Gasteiger partial charge in [-0.1, -0.05) is 18.2 Å². The molecule has 4 radical (unpaired) electrons. The van der Waals surface area contributed by atoms with Crippen LogP contribution >= 0.6 is 7.75 Å². The Hall–Kier alpha value is -2.77. The van der Waals surface area contributed by atoms with Crippen LogP contribution in [0.2, 0.25) is 0 Å². The Balaban J connectivity index is 1.96. The molecule has 1 aliphatic rings. The number of carbonyl (C=O) groups is 1. The second kappa shape index (κ2) is 11.8. The van der Waals surface area contributed by atoms with Gasteiger partial charge in [0.25, 0.3) is 5.56 Å². The Morgan fingerprint density at radius 2 is 1.92 bits per heavy atom. The van der Waals surface area contributed by atoms with Gasteiger partial charge in [-0.05, 0) is 32.9 Å². The Morgan fingerprint density at radius 3 is 2.49 bits per heavy atom. The second-order valence-electron chi connectivity index (χ2n) is 9.11. The van der Waals surface area contributed by atoms with Crippen LogP contribution in [0.3, 0.4) is 0 Å². The van der Waals surface area contributed by atoms with Crippen LogP contribution in [0.4, 0.5) is 8.78 Å². The molecule has 1 fully saturated rings. The van der Waals surface area contributed by atoms with Crippen LogP contribution in [0.5, 0.6) is 5.75 Å². The Morgan fingerprint density at radius 1 is 1.28 bits per heavy atom. The number of nitrogens with zero attached hydrogens (tertiary/aromatic N) is 1. The molecule has 3 N–H and O–H groups in total. The summed E-state index contributed by atoms with van der Waals surface area (Å²) in [4.78, 5) is 37.8. The lowest BCUT2D eigenvalue weighted by Crippen LogP contribution is -2.55. The molecule has 0 amide bonds. The van der Waals surface area contributed by atoms with Crippen LogP contribution in [-0.4, -0.2) is 78.4 Å². The largest absolute Gasteiger partial charge is 0.462 e. The summed E-state index contributed by atoms with van der Waals surface area (Å²) in [6.45, 7) is 2.57. The van der Waals surface area contributed by atoms with Gasteiger partial charge in [0.15, 0.2) is 6.23 Å². The Kier molecular flexibility index (Phi) is 9.28. The lowest BCUT2D eigenvalue weighted by atomic mass is 9.60. The number of para-hydroxylation sites is 1. The molecule has 1 aliphatic heterocycles. The first-order valence-electron chi connectivity index (χ1n) is 11.6. The van der Waals surface area contributed by atoms with E-state index in [-0.39, 0.29) is 5.75 Å². The van der Waals surface area contributed by atoms with E-state index in [1.165, 1.54) is 31.2 Å². The number of hydrogen-bond acceptors (Lipinski definition) is 9. The zero-order valence-corrected chi connectivity index (χ0v) is 22.0. The van der Waals surface area contributed by atoms with E-state index in [0.717, 1.165) is 12.3 Å². The number of rotatable bonds is 11. The third-order valence-electron chi connectivity index (χ3n) is 5.52. The van der Waals surface area contributed by atoms with Crippen molar-refractivity contribution in [2.45, 2.75) is 62.4 Å². The van der Waals surface area contributed by atoms with Crippen molar-refractivity contribution in [1.82, 2.24) is 14.6 Å². The third-order valence-corrected chi connectivity index (χ3v) is 7.23. The standard InChI is InChI=1S/C22H26B2F2N3O9P/c1-12(2)35-18(32)13(3)28-39(34,37-14-7-5-4-6-8-14)38-22(23,24)17-16(31)21(26,11-25)19(36-17)29-10-9-15(30)27-20(29)33/h4-10,12-13,16-17,19,31H,11H2,1-3H3,(H,28,34)(H,27,30,33)/t13-,16+,17?,19-,21?,39?/m0/s1. The van der Waals surface area contributed by atoms with Crippen molar-refractivity contribution >= 4 is 29.4 Å². The van der Waals surface area contributed by atoms with E-state index in [9.17, 15) is 28.4 Å². The van der Waals surface area contributed by atoms with E-state index in [4.69, 9.17) is 34.2 Å². The number of hydrogen-bond donors (Lipinski definition) is 3. The van der Waals surface area contributed by atoms with Gasteiger partial charge in [0.2, 0.25) is 5.67 Å². The van der Waals surface area contributed by atoms with Crippen molar-refractivity contribution in [2.75, 3.05) is 6.67 Å². The molecule has 0 saturated carbocycles. The van der Waals surface area contributed by atoms with E-state index in [2.05, 4.69) is 5.09 Å². The van der Waals surface area contributed by atoms with E-state index in [0.29, 0.717) is 4.57 Å². The number of benzene rings is 1. The predicted molar refractivity (Wildman–Crippen MR) is 135 cm³/mol. The van der Waals surface area contributed by atoms with Gasteiger partial charge in [0.05, 0.1) is 6.10 Å². The minimum absolute atomic E-state index is 0.0253. The van der Waals surface area contributed by atoms with Gasteiger partial charge in [0.1, 0.15) is 46.4 Å². The van der Waals surface area contributed by atoms with Crippen molar-refractivity contribution in [2.24, 2.45) is 0 Å². The number of aliphatic hydroxyl groups is 1. The van der Waals surface area contributed by atoms with Crippen molar-refractivity contribution in [1.29, 1.82) is 0 Å². The van der Waals surface area contributed by atoms with Crippen LogP contribution in [-0.2, 0) is 23.4 Å². The molecule has 1 aromatic heterocycles. The SMILES string of the molecule is [B]C([B])(OP(=O)(N[C@@H](C)C(=O)OC(C)C)Oc1ccccc1)C1O[C@H](n2ccc(=O)[nH]c2=O)C(F)(CF)[C@@H]1O. The van der Waals surface area contributed by atoms with Crippen LogP contribution in [0.1, 0.15) is 27.0 Å². The highest BCUT2D eigenvalue weighted by Gasteiger charge is 2.63. The Labute approximate surface area is 224 Å². The third kappa shape index (κ3) is 6.87. The first-order valence-corrected chi connectivity index (χ1v) is 13.2. The zero-order valence-electron chi connectivity index (χ0n) is 21.2. The molecule has 2 aromatic rings. The van der Waals surface area contributed by atoms with Gasteiger partial charge in [-0.2, -0.15) is 5.09 Å². The number of ether oxygens (including phenoxy) is 2. The van der Waals surface area contributed by atoms with Crippen LogP contribution in [0.25, 0.3) is 0 Å². The molecule has 3 rings (SSSR count). The molecule has 17 heteroatoms. The normalized spacial score (nSPS) is 25.7. The van der Waals surface area contributed by atoms with Crippen molar-refractivity contribution < 1.29 is 41.8 Å². The number of carbonyl (C=O) groups excluding carboxylic acids is 1. The molecule has 12 nitrogen and oxygen atoms in total. The maximum Gasteiger partial charge on any atom is 0.458 e. The summed E-state index contributed by atoms with van der Waals surface area (Å²) in [7, 11) is 7.20. The highest BCUT2D eigenvalue weighted by atomic mass is 31.2. The molecule has 1 aromatic carbocycles. The average molecular weight is 567 g/mol. The lowest BCUT2D eigenvalue weighted by molar-refractivity contribution is -0.149. The van der Waals surface area contributed by atoms with E-state index in [1.807, 2.05) is 4.98 Å². The summed E-state index contributed by atoms with van der Waals surface area (Å²) >= 11 is 0. The fourth-order valence-electron chi connectivity index (χ4n) is 3.71. The summed E-state index contributed by atoms with van der Waals surface area (Å²) in [6.07, 6.45) is -6.52. The van der Waals surface area contributed by atoms with E-state index < -0.39 is 73.3 Å². The van der Waals surface area contributed by atoms with Gasteiger partial charge in [0, 0.05) is 17.7 Å². The van der Waals surface area contributed by atoms with Crippen LogP contribution in [0, 0.1) is 0 Å². The smallest absolute Gasteiger partial charge is 0.458 e. The molecule has 0 bridgehead atoms. The number of halogens is 2. The topological polar surface area (TPSA) is 158 Å². The van der Waals surface area contributed by atoms with Gasteiger partial charge < -0.3 is 19.1 Å². The van der Waals surface area contributed by atoms with Crippen molar-refractivity contribution in [3.8, 4) is 5.75 Å². The number of alkyl halides is 2. The van der Waals surface area contributed by atoms with E-state index >= 15 is 4.39 Å². The average Bonchev–Trinajstić information content (AvgIpc) is 3.10. The Bertz CT molecular complexity index is 1330. The highest BCUT2D eigenvalue weighted by Crippen LogP contribution is 2.51. The summed E-state index contributed by atoms with van der Waals surface area (Å²) in [5, 5.41) is 10.1. The molecular weight excluding hydrogens is 541 g/mol. The van der Waals surface area contributed by atoms with Crippen molar-refractivity contribution in [3.63, 3.8) is 0 Å². The van der Waals surface area contributed by atoms with Gasteiger partial charge in [-0.15, -0.1) is 0 Å². The number of aromatic nitrogens is 2. The van der Waals surface area contributed by atoms with Gasteiger partial charge in [-0.25, -0.2) is 18.1 Å². The number of aromatic amines is 1. The molecular formula is C22H26B2F2N3O9P. The molecule has 0 aliphatic carbocycles. The monoisotopic (exact) mass is 567 g/mol. The van der Waals surface area contributed by atoms with E-state index in [1.54, 1.807) is 19.9 Å². The fraction of sp³-hybridized carbons (Fsp3) is 0.500. The molecule has 1 saturated heterocycles. The van der Waals surface area contributed by atoms with Crippen molar-refractivity contribution in [3.05, 3.63) is 63.4 Å². The summed E-state index contributed by atoms with van der Waals surface area (Å²) < 4.78 is 65.2. The summed E-state index contributed by atoms with van der Waals surface area (Å²) in [5.41, 5.74) is -5.33. The van der Waals surface area contributed by atoms with Gasteiger partial charge in [-0.3, -0.25) is 23.7 Å². The summed E-state index contributed by atoms with van der Waals surface area (Å²) in [5.74, 6) is -0.872. The summed E-state index contributed by atoms with van der Waals surface area (Å²) in [6, 6.07) is 6.99. The minimum Gasteiger partial charge on any atom is -0.462 e. The number of esters is 1. The predicted octanol–water partition coefficient (Wildman–Crippen LogP) is 0.597.